The molecule has 0 spiro atoms. The monoisotopic (exact) mass is 415 g/mol. The van der Waals surface area contributed by atoms with E-state index in [2.05, 4.69) is 11.0 Å². The molecule has 1 fully saturated rings. The summed E-state index contributed by atoms with van der Waals surface area (Å²) in [5.74, 6) is 0. The zero-order valence-electron chi connectivity index (χ0n) is 16.2. The van der Waals surface area contributed by atoms with E-state index in [1.54, 1.807) is 16.4 Å². The van der Waals surface area contributed by atoms with Gasteiger partial charge in [0, 0.05) is 45.8 Å². The number of hydrogen-bond acceptors (Lipinski definition) is 4. The van der Waals surface area contributed by atoms with E-state index in [1.807, 2.05) is 30.3 Å². The Labute approximate surface area is 171 Å². The van der Waals surface area contributed by atoms with E-state index < -0.39 is 16.1 Å². The van der Waals surface area contributed by atoms with Crippen LogP contribution in [-0.4, -0.2) is 66.4 Å². The maximum absolute atomic E-state index is 13.1. The van der Waals surface area contributed by atoms with Crippen molar-refractivity contribution in [3.63, 3.8) is 0 Å². The number of amides is 1. The molecule has 0 aliphatic carbocycles. The largest absolute Gasteiger partial charge is 0.465 e. The topological polar surface area (TPSA) is 81.2 Å². The molecule has 154 valence electrons. The summed E-state index contributed by atoms with van der Waals surface area (Å²) < 4.78 is 27.7. The minimum atomic E-state index is -3.52. The van der Waals surface area contributed by atoms with E-state index in [0.717, 1.165) is 17.5 Å². The quantitative estimate of drug-likeness (QED) is 0.828. The predicted molar refractivity (Wildman–Crippen MR) is 109 cm³/mol. The molecule has 1 N–H and O–H groups in total. The Morgan fingerprint density at radius 1 is 0.897 bits per heavy atom. The van der Waals surface area contributed by atoms with Crippen LogP contribution < -0.4 is 0 Å². The number of rotatable bonds is 4. The van der Waals surface area contributed by atoms with Gasteiger partial charge in [0.15, 0.2) is 0 Å². The second-order valence-electron chi connectivity index (χ2n) is 7.55. The second kappa shape index (κ2) is 8.14. The summed E-state index contributed by atoms with van der Waals surface area (Å²) in [4.78, 5) is 14.9. The van der Waals surface area contributed by atoms with Gasteiger partial charge < -0.3 is 10.0 Å². The van der Waals surface area contributed by atoms with Gasteiger partial charge in [0.2, 0.25) is 10.0 Å². The number of fused-ring (bicyclic) bond motifs is 1. The van der Waals surface area contributed by atoms with Crippen LogP contribution in [0.1, 0.15) is 16.7 Å². The lowest BCUT2D eigenvalue weighted by molar-refractivity contribution is 0.103. The molecule has 2 aliphatic heterocycles. The molecule has 29 heavy (non-hydrogen) atoms. The van der Waals surface area contributed by atoms with Crippen molar-refractivity contribution >= 4 is 16.1 Å². The molecule has 1 saturated heterocycles. The van der Waals surface area contributed by atoms with E-state index in [9.17, 15) is 13.2 Å². The zero-order chi connectivity index (χ0) is 20.4. The maximum atomic E-state index is 13.1. The van der Waals surface area contributed by atoms with Gasteiger partial charge in [-0.25, -0.2) is 13.2 Å². The van der Waals surface area contributed by atoms with Gasteiger partial charge in [-0.05, 0) is 35.2 Å². The molecule has 2 aromatic carbocycles. The lowest BCUT2D eigenvalue weighted by atomic mass is 10.0. The number of sulfonamides is 1. The first-order valence-electron chi connectivity index (χ1n) is 9.79. The molecule has 0 atom stereocenters. The molecule has 0 unspecified atom stereocenters. The fourth-order valence-electron chi connectivity index (χ4n) is 3.95. The first-order valence-corrected chi connectivity index (χ1v) is 11.2. The van der Waals surface area contributed by atoms with Gasteiger partial charge >= 0.3 is 6.09 Å². The Morgan fingerprint density at radius 3 is 2.21 bits per heavy atom. The molecule has 2 heterocycles. The van der Waals surface area contributed by atoms with Crippen molar-refractivity contribution in [1.82, 2.24) is 14.1 Å². The lowest BCUT2D eigenvalue weighted by Gasteiger charge is -2.33. The number of carboxylic acid groups (broad SMARTS) is 1. The number of nitrogens with zero attached hydrogens (tertiary/aromatic N) is 3. The molecule has 8 heteroatoms. The zero-order valence-corrected chi connectivity index (χ0v) is 17.0. The third kappa shape index (κ3) is 4.29. The number of piperazine rings is 1. The molecule has 0 aromatic heterocycles. The van der Waals surface area contributed by atoms with Gasteiger partial charge in [-0.15, -0.1) is 0 Å². The molecule has 2 aromatic rings. The normalized spacial score (nSPS) is 18.4. The molecule has 7 nitrogen and oxygen atoms in total. The van der Waals surface area contributed by atoms with Crippen LogP contribution in [0.3, 0.4) is 0 Å². The molecule has 0 saturated carbocycles. The van der Waals surface area contributed by atoms with Crippen molar-refractivity contribution in [3.05, 3.63) is 65.2 Å². The summed E-state index contributed by atoms with van der Waals surface area (Å²) in [5, 5.41) is 9.03. The van der Waals surface area contributed by atoms with Crippen LogP contribution in [0.25, 0.3) is 0 Å². The van der Waals surface area contributed by atoms with E-state index in [4.69, 9.17) is 5.11 Å². The first kappa shape index (κ1) is 19.9. The highest BCUT2D eigenvalue weighted by atomic mass is 32.2. The fraction of sp³-hybridized carbons (Fsp3) is 0.381. The summed E-state index contributed by atoms with van der Waals surface area (Å²) >= 11 is 0. The van der Waals surface area contributed by atoms with E-state index in [1.165, 1.54) is 10.5 Å². The van der Waals surface area contributed by atoms with Crippen molar-refractivity contribution in [1.29, 1.82) is 0 Å². The van der Waals surface area contributed by atoms with E-state index in [-0.39, 0.29) is 0 Å². The van der Waals surface area contributed by atoms with Gasteiger partial charge in [-0.2, -0.15) is 4.31 Å². The summed E-state index contributed by atoms with van der Waals surface area (Å²) in [6.45, 7) is 3.95. The van der Waals surface area contributed by atoms with Crippen LogP contribution in [0, 0.1) is 0 Å². The molecule has 2 aliphatic rings. The van der Waals surface area contributed by atoms with E-state index in [0.29, 0.717) is 50.7 Å². The number of hydrogen-bond donors (Lipinski definition) is 1. The van der Waals surface area contributed by atoms with Gasteiger partial charge in [0.1, 0.15) is 0 Å². The first-order chi connectivity index (χ1) is 13.9. The van der Waals surface area contributed by atoms with Crippen LogP contribution in [0.5, 0.6) is 0 Å². The molecule has 1 amide bonds. The summed E-state index contributed by atoms with van der Waals surface area (Å²) in [6, 6.07) is 15.1. The van der Waals surface area contributed by atoms with E-state index >= 15 is 0 Å². The predicted octanol–water partition coefficient (Wildman–Crippen LogP) is 2.23. The minimum Gasteiger partial charge on any atom is -0.465 e. The fourth-order valence-corrected chi connectivity index (χ4v) is 5.37. The third-order valence-electron chi connectivity index (χ3n) is 5.71. The number of carbonyl (C=O) groups is 1. The Balaban J connectivity index is 1.40. The standard InChI is InChI=1S/C21H25N3O4S/c25-21(26)23-13-11-22(12-14-23)15-17-5-7-20(8-6-17)29(27,28)24-10-9-18-3-1-2-4-19(18)16-24/h1-8H,9-16H2,(H,25,26). The summed E-state index contributed by atoms with van der Waals surface area (Å²) in [5.41, 5.74) is 3.31. The van der Waals surface area contributed by atoms with Crippen molar-refractivity contribution in [2.24, 2.45) is 0 Å². The van der Waals surface area contributed by atoms with Crippen LogP contribution >= 0.6 is 0 Å². The highest BCUT2D eigenvalue weighted by Gasteiger charge is 2.28. The van der Waals surface area contributed by atoms with Crippen molar-refractivity contribution in [3.8, 4) is 0 Å². The van der Waals surface area contributed by atoms with Crippen molar-refractivity contribution < 1.29 is 18.3 Å². The van der Waals surface area contributed by atoms with Crippen molar-refractivity contribution in [2.45, 2.75) is 24.4 Å². The highest BCUT2D eigenvalue weighted by molar-refractivity contribution is 7.89. The average molecular weight is 416 g/mol. The van der Waals surface area contributed by atoms with Crippen LogP contribution in [0.15, 0.2) is 53.4 Å². The molecule has 4 rings (SSSR count). The summed E-state index contributed by atoms with van der Waals surface area (Å²) in [7, 11) is -3.52. The maximum Gasteiger partial charge on any atom is 0.407 e. The Hall–Kier alpha value is -2.42. The van der Waals surface area contributed by atoms with Gasteiger partial charge in [-0.1, -0.05) is 36.4 Å². The SMILES string of the molecule is O=C(O)N1CCN(Cc2ccc(S(=O)(=O)N3CCc4ccccc4C3)cc2)CC1. The van der Waals surface area contributed by atoms with Gasteiger partial charge in [0.05, 0.1) is 4.90 Å². The van der Waals surface area contributed by atoms with Crippen molar-refractivity contribution in [2.75, 3.05) is 32.7 Å². The highest BCUT2D eigenvalue weighted by Crippen LogP contribution is 2.25. The molecule has 0 radical (unpaired) electrons. The smallest absolute Gasteiger partial charge is 0.407 e. The summed E-state index contributed by atoms with van der Waals surface area (Å²) in [6.07, 6.45) is -0.143. The van der Waals surface area contributed by atoms with Crippen LogP contribution in [-0.2, 0) is 29.5 Å². The minimum absolute atomic E-state index is 0.316. The Bertz CT molecular complexity index is 983. The average Bonchev–Trinajstić information content (AvgIpc) is 2.74. The van der Waals surface area contributed by atoms with Gasteiger partial charge in [-0.3, -0.25) is 4.90 Å². The number of benzene rings is 2. The molecule has 0 bridgehead atoms. The van der Waals surface area contributed by atoms with Crippen LogP contribution in [0.4, 0.5) is 4.79 Å². The third-order valence-corrected chi connectivity index (χ3v) is 7.57. The second-order valence-corrected chi connectivity index (χ2v) is 9.48. The molecular formula is C21H25N3O4S. The van der Waals surface area contributed by atoms with Crippen LogP contribution in [0.2, 0.25) is 0 Å². The van der Waals surface area contributed by atoms with Gasteiger partial charge in [0.25, 0.3) is 0 Å². The lowest BCUT2D eigenvalue weighted by Crippen LogP contribution is -2.47. The Kier molecular flexibility index (Phi) is 5.58. The molecular weight excluding hydrogens is 390 g/mol. The Morgan fingerprint density at radius 2 is 1.55 bits per heavy atom.